The highest BCUT2D eigenvalue weighted by Crippen LogP contribution is 2.15. The molecule has 326 valence electrons. The minimum absolute atomic E-state index is 0.0797. The normalized spacial score (nSPS) is 13.4. The Morgan fingerprint density at radius 2 is 0.750 bits per heavy atom. The van der Waals surface area contributed by atoms with Gasteiger partial charge in [0.05, 0.1) is 18.8 Å². The maximum atomic E-state index is 12.4. The molecule has 0 aliphatic carbocycles. The van der Waals surface area contributed by atoms with Crippen LogP contribution in [-0.2, 0) is 4.79 Å². The van der Waals surface area contributed by atoms with Gasteiger partial charge >= 0.3 is 0 Å². The molecule has 0 bridgehead atoms. The Morgan fingerprint density at radius 1 is 0.429 bits per heavy atom. The van der Waals surface area contributed by atoms with Crippen molar-refractivity contribution in [3.63, 3.8) is 0 Å². The number of amides is 1. The van der Waals surface area contributed by atoms with E-state index < -0.39 is 12.1 Å². The summed E-state index contributed by atoms with van der Waals surface area (Å²) in [7, 11) is 0. The average Bonchev–Trinajstić information content (AvgIpc) is 3.20. The Balaban J connectivity index is 3.55. The van der Waals surface area contributed by atoms with Crippen LogP contribution in [0.3, 0.4) is 0 Å². The van der Waals surface area contributed by atoms with Crippen LogP contribution < -0.4 is 5.32 Å². The molecular weight excluding hydrogens is 687 g/mol. The fraction of sp³-hybridized carbons (Fsp3) is 0.788. The molecule has 0 aromatic heterocycles. The topological polar surface area (TPSA) is 69.6 Å². The van der Waals surface area contributed by atoms with Crippen molar-refractivity contribution in [1.29, 1.82) is 0 Å². The lowest BCUT2D eigenvalue weighted by Gasteiger charge is -2.19. The summed E-state index contributed by atoms with van der Waals surface area (Å²) in [5, 5.41) is 23.0. The van der Waals surface area contributed by atoms with Crippen molar-refractivity contribution in [2.75, 3.05) is 6.61 Å². The Labute approximate surface area is 349 Å². The van der Waals surface area contributed by atoms with Crippen molar-refractivity contribution >= 4 is 5.91 Å². The van der Waals surface area contributed by atoms with Crippen LogP contribution in [0, 0.1) is 0 Å². The number of unbranched alkanes of at least 4 members (excludes halogenated alkanes) is 29. The highest BCUT2D eigenvalue weighted by molar-refractivity contribution is 5.76. The van der Waals surface area contributed by atoms with Gasteiger partial charge in [-0.2, -0.15) is 0 Å². The van der Waals surface area contributed by atoms with Gasteiger partial charge in [0.2, 0.25) is 5.91 Å². The minimum Gasteiger partial charge on any atom is -0.394 e. The first-order valence-electron chi connectivity index (χ1n) is 24.5. The second-order valence-corrected chi connectivity index (χ2v) is 16.5. The van der Waals surface area contributed by atoms with Gasteiger partial charge in [-0.25, -0.2) is 0 Å². The summed E-state index contributed by atoms with van der Waals surface area (Å²) in [5.74, 6) is -0.0797. The number of nitrogens with one attached hydrogen (secondary N) is 1. The van der Waals surface area contributed by atoms with Gasteiger partial charge in [0.15, 0.2) is 0 Å². The van der Waals surface area contributed by atoms with Crippen molar-refractivity contribution in [2.24, 2.45) is 0 Å². The van der Waals surface area contributed by atoms with Crippen LogP contribution >= 0.6 is 0 Å². The molecule has 0 fully saturated rings. The first-order chi connectivity index (χ1) is 27.7. The maximum Gasteiger partial charge on any atom is 0.220 e. The molecule has 2 unspecified atom stereocenters. The summed E-state index contributed by atoms with van der Waals surface area (Å²) in [6, 6.07) is -0.647. The lowest BCUT2D eigenvalue weighted by atomic mass is 10.0. The van der Waals surface area contributed by atoms with Gasteiger partial charge in [-0.15, -0.1) is 0 Å². The summed E-state index contributed by atoms with van der Waals surface area (Å²) in [6.07, 6.45) is 66.4. The van der Waals surface area contributed by atoms with Gasteiger partial charge in [0.25, 0.3) is 0 Å². The molecule has 0 aromatic rings. The van der Waals surface area contributed by atoms with Gasteiger partial charge in [-0.3, -0.25) is 4.79 Å². The standard InChI is InChI=1S/C52H95NO3/c1-3-5-7-9-11-13-15-17-19-20-21-22-23-24-25-26-27-28-29-30-31-32-34-36-38-40-42-44-46-48-52(56)53-50(49-54)51(55)47-45-43-41-39-37-35-33-18-16-14-12-10-8-6-4-2/h16,18,21-22,24-25,37,39,45,47,50-51,54-55H,3-15,17,19-20,23,26-36,38,40-44,46,48-49H2,1-2H3,(H,53,56)/b18-16+,22-21-,25-24-,39-37+,47-45+. The Bertz CT molecular complexity index is 934. The van der Waals surface area contributed by atoms with Gasteiger partial charge in [0.1, 0.15) is 0 Å². The fourth-order valence-electron chi connectivity index (χ4n) is 7.18. The lowest BCUT2D eigenvalue weighted by Crippen LogP contribution is -2.45. The third kappa shape index (κ3) is 43.2. The largest absolute Gasteiger partial charge is 0.394 e. The Morgan fingerprint density at radius 3 is 1.14 bits per heavy atom. The molecule has 0 saturated carbocycles. The maximum absolute atomic E-state index is 12.4. The monoisotopic (exact) mass is 782 g/mol. The number of allylic oxidation sites excluding steroid dienone is 9. The predicted molar refractivity (Wildman–Crippen MR) is 248 cm³/mol. The average molecular weight is 782 g/mol. The molecule has 4 nitrogen and oxygen atoms in total. The molecule has 0 aliphatic heterocycles. The lowest BCUT2D eigenvalue weighted by molar-refractivity contribution is -0.123. The van der Waals surface area contributed by atoms with E-state index in [1.807, 2.05) is 6.08 Å². The Hall–Kier alpha value is -1.91. The molecule has 0 spiro atoms. The Kier molecular flexibility index (Phi) is 45.8. The third-order valence-electron chi connectivity index (χ3n) is 11.0. The van der Waals surface area contributed by atoms with Gasteiger partial charge in [-0.1, -0.05) is 222 Å². The summed E-state index contributed by atoms with van der Waals surface area (Å²) in [5.41, 5.74) is 0. The molecule has 0 heterocycles. The van der Waals surface area contributed by atoms with Crippen LogP contribution in [-0.4, -0.2) is 34.9 Å². The van der Waals surface area contributed by atoms with E-state index in [9.17, 15) is 15.0 Å². The summed E-state index contributed by atoms with van der Waals surface area (Å²) in [6.45, 7) is 4.28. The van der Waals surface area contributed by atoms with E-state index in [1.54, 1.807) is 6.08 Å². The number of aliphatic hydroxyl groups is 2. The molecule has 4 heteroatoms. The molecule has 3 N–H and O–H groups in total. The van der Waals surface area contributed by atoms with Crippen LogP contribution in [0.4, 0.5) is 0 Å². The quantitative estimate of drug-likeness (QED) is 0.0426. The second-order valence-electron chi connectivity index (χ2n) is 16.5. The molecule has 0 radical (unpaired) electrons. The molecule has 0 saturated heterocycles. The summed E-state index contributed by atoms with van der Waals surface area (Å²) < 4.78 is 0. The van der Waals surface area contributed by atoms with Crippen LogP contribution in [0.2, 0.25) is 0 Å². The molecule has 0 aliphatic rings. The molecule has 1 amide bonds. The number of hydrogen-bond acceptors (Lipinski definition) is 3. The van der Waals surface area contributed by atoms with Crippen LogP contribution in [0.15, 0.2) is 60.8 Å². The predicted octanol–water partition coefficient (Wildman–Crippen LogP) is 15.7. The summed E-state index contributed by atoms with van der Waals surface area (Å²) >= 11 is 0. The van der Waals surface area contributed by atoms with E-state index in [0.29, 0.717) is 6.42 Å². The highest BCUT2D eigenvalue weighted by Gasteiger charge is 2.17. The van der Waals surface area contributed by atoms with E-state index in [1.165, 1.54) is 180 Å². The number of carbonyl (C=O) groups excluding carboxylic acids is 1. The van der Waals surface area contributed by atoms with Gasteiger partial charge in [0, 0.05) is 6.42 Å². The van der Waals surface area contributed by atoms with E-state index in [-0.39, 0.29) is 12.5 Å². The smallest absolute Gasteiger partial charge is 0.220 e. The fourth-order valence-corrected chi connectivity index (χ4v) is 7.18. The molecule has 2 atom stereocenters. The zero-order chi connectivity index (χ0) is 40.7. The van der Waals surface area contributed by atoms with Crippen molar-refractivity contribution < 1.29 is 15.0 Å². The highest BCUT2D eigenvalue weighted by atomic mass is 16.3. The summed E-state index contributed by atoms with van der Waals surface area (Å²) in [4.78, 5) is 12.4. The van der Waals surface area contributed by atoms with Crippen molar-refractivity contribution in [2.45, 2.75) is 257 Å². The first kappa shape index (κ1) is 54.1. The number of carbonyl (C=O) groups is 1. The molecular formula is C52H95NO3. The van der Waals surface area contributed by atoms with Crippen LogP contribution in [0.1, 0.15) is 245 Å². The van der Waals surface area contributed by atoms with Crippen LogP contribution in [0.25, 0.3) is 0 Å². The number of aliphatic hydroxyl groups excluding tert-OH is 2. The van der Waals surface area contributed by atoms with E-state index in [2.05, 4.69) is 67.8 Å². The van der Waals surface area contributed by atoms with Crippen LogP contribution in [0.5, 0.6) is 0 Å². The molecule has 0 rings (SSSR count). The molecule has 0 aromatic carbocycles. The number of hydrogen-bond donors (Lipinski definition) is 3. The third-order valence-corrected chi connectivity index (χ3v) is 11.0. The molecule has 56 heavy (non-hydrogen) atoms. The van der Waals surface area contributed by atoms with Crippen molar-refractivity contribution in [1.82, 2.24) is 5.32 Å². The van der Waals surface area contributed by atoms with E-state index in [0.717, 1.165) is 44.9 Å². The zero-order valence-corrected chi connectivity index (χ0v) is 37.4. The minimum atomic E-state index is -0.871. The van der Waals surface area contributed by atoms with Gasteiger partial charge in [-0.05, 0) is 77.0 Å². The van der Waals surface area contributed by atoms with Crippen molar-refractivity contribution in [3.05, 3.63) is 60.8 Å². The zero-order valence-electron chi connectivity index (χ0n) is 37.4. The SMILES string of the molecule is CCCCCCC/C=C/CC/C=C/CC/C=C/C(O)C(CO)NC(=O)CCCCCCCCCCCCCCC/C=C\C/C=C\CCCCCCCCCCC. The van der Waals surface area contributed by atoms with E-state index >= 15 is 0 Å². The van der Waals surface area contributed by atoms with Crippen molar-refractivity contribution in [3.8, 4) is 0 Å². The van der Waals surface area contributed by atoms with Gasteiger partial charge < -0.3 is 15.5 Å². The first-order valence-corrected chi connectivity index (χ1v) is 24.5. The second kappa shape index (κ2) is 47.5. The number of rotatable bonds is 44. The van der Waals surface area contributed by atoms with E-state index in [4.69, 9.17) is 0 Å².